The Hall–Kier alpha value is -1.77. The summed E-state index contributed by atoms with van der Waals surface area (Å²) in [7, 11) is 1.61. The highest BCUT2D eigenvalue weighted by atomic mass is 16.4. The predicted octanol–water partition coefficient (Wildman–Crippen LogP) is 1.53. The molecule has 0 spiro atoms. The predicted molar refractivity (Wildman–Crippen MR) is 67.0 cm³/mol. The van der Waals surface area contributed by atoms with Crippen molar-refractivity contribution < 1.29 is 14.7 Å². The lowest BCUT2D eigenvalue weighted by molar-refractivity contribution is -0.137. The summed E-state index contributed by atoms with van der Waals surface area (Å²) in [6, 6.07) is 1.72. The maximum atomic E-state index is 12.2. The fourth-order valence-corrected chi connectivity index (χ4v) is 1.44. The monoisotopic (exact) mass is 255 g/mol. The maximum absolute atomic E-state index is 12.2. The number of nitrogens with zero attached hydrogens (tertiary/aromatic N) is 3. The average Bonchev–Trinajstić information content (AvgIpc) is 2.23. The molecule has 0 atom stereocenters. The van der Waals surface area contributed by atoms with E-state index in [0.717, 1.165) is 0 Å². The summed E-state index contributed by atoms with van der Waals surface area (Å²) in [6.07, 6.45) is 0.175. The molecule has 6 nitrogen and oxygen atoms in total. The van der Waals surface area contributed by atoms with Crippen LogP contribution < -0.4 is 0 Å². The van der Waals surface area contributed by atoms with Gasteiger partial charge in [0.25, 0.3) is 0 Å². The molecule has 6 heteroatoms. The highest BCUT2D eigenvalue weighted by molar-refractivity contribution is 5.76. The topological polar surface area (TPSA) is 84.6 Å². The van der Waals surface area contributed by atoms with E-state index in [4.69, 9.17) is 10.4 Å². The van der Waals surface area contributed by atoms with Crippen LogP contribution in [0.5, 0.6) is 0 Å². The van der Waals surface area contributed by atoms with Gasteiger partial charge in [0.05, 0.1) is 18.9 Å². The highest BCUT2D eigenvalue weighted by Crippen LogP contribution is 2.16. The molecule has 2 amide bonds. The molecule has 0 aromatic rings. The van der Waals surface area contributed by atoms with Crippen LogP contribution in [-0.2, 0) is 4.79 Å². The van der Waals surface area contributed by atoms with Crippen LogP contribution in [0.25, 0.3) is 0 Å². The van der Waals surface area contributed by atoms with Gasteiger partial charge in [0.15, 0.2) is 0 Å². The number of nitriles is 1. The van der Waals surface area contributed by atoms with Crippen LogP contribution in [0.3, 0.4) is 0 Å². The Bertz CT molecular complexity index is 341. The Morgan fingerprint density at radius 3 is 2.22 bits per heavy atom. The van der Waals surface area contributed by atoms with E-state index in [1.54, 1.807) is 7.05 Å². The van der Waals surface area contributed by atoms with Gasteiger partial charge < -0.3 is 14.9 Å². The first kappa shape index (κ1) is 16.2. The molecule has 0 aromatic heterocycles. The van der Waals surface area contributed by atoms with Crippen molar-refractivity contribution >= 4 is 12.0 Å². The Kier molecular flexibility index (Phi) is 6.17. The maximum Gasteiger partial charge on any atom is 0.320 e. The molecule has 0 saturated heterocycles. The Labute approximate surface area is 108 Å². The van der Waals surface area contributed by atoms with E-state index in [1.807, 2.05) is 26.8 Å². The first-order valence-corrected chi connectivity index (χ1v) is 5.81. The molecular weight excluding hydrogens is 234 g/mol. The fraction of sp³-hybridized carbons (Fsp3) is 0.750. The SMILES string of the molecule is CN(CCC#N)C(=O)N(CCC(=O)O)C(C)(C)C. The second kappa shape index (κ2) is 6.84. The highest BCUT2D eigenvalue weighted by Gasteiger charge is 2.28. The Balaban J connectivity index is 4.70. The molecule has 18 heavy (non-hydrogen) atoms. The van der Waals surface area contributed by atoms with Gasteiger partial charge in [-0.2, -0.15) is 5.26 Å². The molecule has 0 aliphatic rings. The zero-order chi connectivity index (χ0) is 14.3. The van der Waals surface area contributed by atoms with Crippen molar-refractivity contribution in [2.45, 2.75) is 39.2 Å². The molecule has 1 N–H and O–H groups in total. The van der Waals surface area contributed by atoms with Crippen LogP contribution >= 0.6 is 0 Å². The lowest BCUT2D eigenvalue weighted by atomic mass is 10.1. The minimum atomic E-state index is -0.934. The van der Waals surface area contributed by atoms with Crippen molar-refractivity contribution in [2.75, 3.05) is 20.1 Å². The number of hydrogen-bond donors (Lipinski definition) is 1. The molecule has 0 bridgehead atoms. The van der Waals surface area contributed by atoms with E-state index in [1.165, 1.54) is 9.80 Å². The fourth-order valence-electron chi connectivity index (χ4n) is 1.44. The van der Waals surface area contributed by atoms with Gasteiger partial charge in [0.1, 0.15) is 0 Å². The summed E-state index contributed by atoms with van der Waals surface area (Å²) >= 11 is 0. The number of urea groups is 1. The molecule has 0 aliphatic heterocycles. The van der Waals surface area contributed by atoms with E-state index < -0.39 is 11.5 Å². The van der Waals surface area contributed by atoms with Crippen molar-refractivity contribution in [2.24, 2.45) is 0 Å². The minimum Gasteiger partial charge on any atom is -0.481 e. The van der Waals surface area contributed by atoms with E-state index >= 15 is 0 Å². The van der Waals surface area contributed by atoms with Crippen LogP contribution in [0.4, 0.5) is 4.79 Å². The summed E-state index contributed by atoms with van der Waals surface area (Å²) in [4.78, 5) is 25.7. The number of hydrogen-bond acceptors (Lipinski definition) is 3. The normalized spacial score (nSPS) is 10.6. The number of rotatable bonds is 5. The average molecular weight is 255 g/mol. The minimum absolute atomic E-state index is 0.0882. The van der Waals surface area contributed by atoms with Gasteiger partial charge in [-0.05, 0) is 20.8 Å². The third-order valence-corrected chi connectivity index (χ3v) is 2.48. The van der Waals surface area contributed by atoms with Crippen molar-refractivity contribution in [1.82, 2.24) is 9.80 Å². The molecule has 0 fully saturated rings. The summed E-state index contributed by atoms with van der Waals surface area (Å²) in [6.45, 7) is 6.06. The summed E-state index contributed by atoms with van der Waals surface area (Å²) in [5, 5.41) is 17.2. The van der Waals surface area contributed by atoms with E-state index in [2.05, 4.69) is 0 Å². The Morgan fingerprint density at radius 2 is 1.83 bits per heavy atom. The second-order valence-electron chi connectivity index (χ2n) is 5.08. The van der Waals surface area contributed by atoms with Crippen molar-refractivity contribution in [3.05, 3.63) is 0 Å². The van der Waals surface area contributed by atoms with Crippen LogP contribution in [0.1, 0.15) is 33.6 Å². The molecule has 102 valence electrons. The summed E-state index contributed by atoms with van der Waals surface area (Å²) < 4.78 is 0. The van der Waals surface area contributed by atoms with Crippen molar-refractivity contribution in [3.8, 4) is 6.07 Å². The van der Waals surface area contributed by atoms with Gasteiger partial charge in [-0.15, -0.1) is 0 Å². The van der Waals surface area contributed by atoms with Gasteiger partial charge in [0.2, 0.25) is 0 Å². The van der Waals surface area contributed by atoms with Gasteiger partial charge in [0, 0.05) is 25.7 Å². The molecule has 0 rings (SSSR count). The van der Waals surface area contributed by atoms with Gasteiger partial charge in [-0.3, -0.25) is 4.79 Å². The van der Waals surface area contributed by atoms with Crippen molar-refractivity contribution in [1.29, 1.82) is 5.26 Å². The third-order valence-electron chi connectivity index (χ3n) is 2.48. The Morgan fingerprint density at radius 1 is 1.28 bits per heavy atom. The zero-order valence-corrected chi connectivity index (χ0v) is 11.4. The number of carboxylic acid groups (broad SMARTS) is 1. The van der Waals surface area contributed by atoms with E-state index in [0.29, 0.717) is 6.54 Å². The van der Waals surface area contributed by atoms with E-state index in [-0.39, 0.29) is 25.4 Å². The standard InChI is InChI=1S/C12H21N3O3/c1-12(2,3)15(9-6-10(16)17)11(18)14(4)8-5-7-13/h5-6,8-9H2,1-4H3,(H,16,17). The first-order valence-electron chi connectivity index (χ1n) is 5.81. The zero-order valence-electron chi connectivity index (χ0n) is 11.4. The quantitative estimate of drug-likeness (QED) is 0.807. The molecule has 0 heterocycles. The molecule has 0 radical (unpaired) electrons. The number of carboxylic acids is 1. The number of carbonyl (C=O) groups is 2. The molecule has 0 saturated carbocycles. The molecular formula is C12H21N3O3. The second-order valence-corrected chi connectivity index (χ2v) is 5.08. The van der Waals surface area contributed by atoms with Gasteiger partial charge in [-0.1, -0.05) is 0 Å². The van der Waals surface area contributed by atoms with Gasteiger partial charge >= 0.3 is 12.0 Å². The smallest absolute Gasteiger partial charge is 0.320 e. The first-order chi connectivity index (χ1) is 8.20. The lowest BCUT2D eigenvalue weighted by Gasteiger charge is -2.38. The van der Waals surface area contributed by atoms with Crippen LogP contribution in [-0.4, -0.2) is 52.6 Å². The van der Waals surface area contributed by atoms with Crippen LogP contribution in [0.15, 0.2) is 0 Å². The molecule has 0 aromatic carbocycles. The lowest BCUT2D eigenvalue weighted by Crippen LogP contribution is -2.51. The number of aliphatic carboxylic acids is 1. The number of carbonyl (C=O) groups excluding carboxylic acids is 1. The van der Waals surface area contributed by atoms with Crippen molar-refractivity contribution in [3.63, 3.8) is 0 Å². The van der Waals surface area contributed by atoms with Gasteiger partial charge in [-0.25, -0.2) is 4.79 Å². The van der Waals surface area contributed by atoms with Crippen LogP contribution in [0, 0.1) is 11.3 Å². The third kappa shape index (κ3) is 5.53. The van der Waals surface area contributed by atoms with E-state index in [9.17, 15) is 9.59 Å². The molecule has 0 unspecified atom stereocenters. The summed E-state index contributed by atoms with van der Waals surface area (Å²) in [5.41, 5.74) is -0.451. The number of amides is 2. The summed E-state index contributed by atoms with van der Waals surface area (Å²) in [5.74, 6) is -0.934. The molecule has 0 aliphatic carbocycles. The van der Waals surface area contributed by atoms with Crippen LogP contribution in [0.2, 0.25) is 0 Å². The largest absolute Gasteiger partial charge is 0.481 e.